The number of methoxy groups -OCH3 is 1. The van der Waals surface area contributed by atoms with Crippen LogP contribution >= 0.6 is 0 Å². The average Bonchev–Trinajstić information content (AvgIpc) is 3.41. The molecule has 0 aliphatic heterocycles. The number of carbonyl (C=O) groups excluding carboxylic acids is 2. The molecule has 1 heterocycles. The number of anilines is 2. The van der Waals surface area contributed by atoms with Gasteiger partial charge in [0, 0.05) is 32.0 Å². The number of rotatable bonds is 10. The Morgan fingerprint density at radius 1 is 0.929 bits per heavy atom. The molecule has 9 nitrogen and oxygen atoms in total. The SMILES string of the molecule is COc1ccc(CN(C(=O)Cn2nnc3ccccc32)[C@@H](C(=O)Nc2ccc(N(C)C)cc2)c2ccc(F)cc2)cc1. The number of aromatic nitrogens is 3. The van der Waals surface area contributed by atoms with Crippen molar-refractivity contribution < 1.29 is 18.7 Å². The highest BCUT2D eigenvalue weighted by molar-refractivity contribution is 5.98. The molecule has 0 radical (unpaired) electrons. The van der Waals surface area contributed by atoms with Gasteiger partial charge in [0.15, 0.2) is 0 Å². The topological polar surface area (TPSA) is 92.6 Å². The third-order valence-electron chi connectivity index (χ3n) is 6.93. The van der Waals surface area contributed by atoms with E-state index in [4.69, 9.17) is 4.74 Å². The lowest BCUT2D eigenvalue weighted by Gasteiger charge is -2.32. The summed E-state index contributed by atoms with van der Waals surface area (Å²) in [5.74, 6) is -0.586. The van der Waals surface area contributed by atoms with E-state index in [9.17, 15) is 14.0 Å². The summed E-state index contributed by atoms with van der Waals surface area (Å²) >= 11 is 0. The van der Waals surface area contributed by atoms with Gasteiger partial charge in [-0.3, -0.25) is 9.59 Å². The second kappa shape index (κ2) is 12.5. The van der Waals surface area contributed by atoms with Crippen molar-refractivity contribution in [2.45, 2.75) is 19.1 Å². The molecule has 1 atom stereocenters. The number of amides is 2. The van der Waals surface area contributed by atoms with Crippen LogP contribution < -0.4 is 15.0 Å². The van der Waals surface area contributed by atoms with Gasteiger partial charge in [-0.1, -0.05) is 41.6 Å². The molecule has 10 heteroatoms. The Labute approximate surface area is 243 Å². The van der Waals surface area contributed by atoms with Gasteiger partial charge in [0.25, 0.3) is 5.91 Å². The van der Waals surface area contributed by atoms with Crippen molar-refractivity contribution in [1.82, 2.24) is 19.9 Å². The second-order valence-electron chi connectivity index (χ2n) is 9.99. The number of nitrogens with one attached hydrogen (secondary N) is 1. The fraction of sp³-hybridized carbons (Fsp3) is 0.188. The molecule has 0 bridgehead atoms. The summed E-state index contributed by atoms with van der Waals surface area (Å²) in [5.41, 5.74) is 4.13. The van der Waals surface area contributed by atoms with Crippen molar-refractivity contribution in [1.29, 1.82) is 0 Å². The monoisotopic (exact) mass is 566 g/mol. The van der Waals surface area contributed by atoms with Gasteiger partial charge in [-0.15, -0.1) is 5.10 Å². The van der Waals surface area contributed by atoms with Crippen LogP contribution in [-0.4, -0.2) is 52.9 Å². The fourth-order valence-corrected chi connectivity index (χ4v) is 4.68. The van der Waals surface area contributed by atoms with Crippen molar-refractivity contribution >= 4 is 34.2 Å². The summed E-state index contributed by atoms with van der Waals surface area (Å²) in [4.78, 5) is 31.5. The molecule has 0 unspecified atom stereocenters. The van der Waals surface area contributed by atoms with E-state index in [0.29, 0.717) is 28.0 Å². The van der Waals surface area contributed by atoms with Gasteiger partial charge >= 0.3 is 0 Å². The zero-order valence-electron chi connectivity index (χ0n) is 23.6. The summed E-state index contributed by atoms with van der Waals surface area (Å²) in [5, 5.41) is 11.3. The third kappa shape index (κ3) is 6.38. The molecule has 0 aliphatic rings. The number of benzene rings is 4. The first-order valence-corrected chi connectivity index (χ1v) is 13.4. The average molecular weight is 567 g/mol. The van der Waals surface area contributed by atoms with Crippen molar-refractivity contribution in [3.8, 4) is 5.75 Å². The predicted molar refractivity (Wildman–Crippen MR) is 160 cm³/mol. The number of nitrogens with zero attached hydrogens (tertiary/aromatic N) is 5. The Morgan fingerprint density at radius 2 is 1.62 bits per heavy atom. The minimum absolute atomic E-state index is 0.102. The van der Waals surface area contributed by atoms with Crippen LogP contribution in [0.25, 0.3) is 11.0 Å². The fourth-order valence-electron chi connectivity index (χ4n) is 4.68. The minimum atomic E-state index is -1.08. The maximum Gasteiger partial charge on any atom is 0.251 e. The van der Waals surface area contributed by atoms with Crippen molar-refractivity contribution in [2.75, 3.05) is 31.4 Å². The van der Waals surface area contributed by atoms with E-state index >= 15 is 0 Å². The second-order valence-corrected chi connectivity index (χ2v) is 9.99. The van der Waals surface area contributed by atoms with E-state index in [-0.39, 0.29) is 19.0 Å². The Bertz CT molecular complexity index is 1670. The summed E-state index contributed by atoms with van der Waals surface area (Å²) in [6.45, 7) is -0.0519. The number of para-hydroxylation sites is 1. The van der Waals surface area contributed by atoms with Crippen molar-refractivity contribution in [2.24, 2.45) is 0 Å². The van der Waals surface area contributed by atoms with Crippen LogP contribution in [0.4, 0.5) is 15.8 Å². The van der Waals surface area contributed by atoms with E-state index in [1.165, 1.54) is 33.8 Å². The first-order chi connectivity index (χ1) is 20.3. The molecule has 4 aromatic carbocycles. The zero-order chi connectivity index (χ0) is 29.6. The molecule has 0 aliphatic carbocycles. The van der Waals surface area contributed by atoms with E-state index < -0.39 is 17.8 Å². The Hall–Kier alpha value is -5.25. The van der Waals surface area contributed by atoms with Gasteiger partial charge in [0.1, 0.15) is 29.7 Å². The lowest BCUT2D eigenvalue weighted by Crippen LogP contribution is -2.42. The Kier molecular flexibility index (Phi) is 8.42. The van der Waals surface area contributed by atoms with Crippen molar-refractivity contribution in [3.05, 3.63) is 114 Å². The number of ether oxygens (including phenoxy) is 1. The maximum absolute atomic E-state index is 14.1. The number of hydrogen-bond donors (Lipinski definition) is 1. The van der Waals surface area contributed by atoms with Crippen LogP contribution in [0.15, 0.2) is 97.1 Å². The van der Waals surface area contributed by atoms with Gasteiger partial charge in [0.2, 0.25) is 5.91 Å². The molecular weight excluding hydrogens is 535 g/mol. The molecular formula is C32H31FN6O3. The number of halogens is 1. The van der Waals surface area contributed by atoms with E-state index in [0.717, 1.165) is 11.3 Å². The Morgan fingerprint density at radius 3 is 2.29 bits per heavy atom. The summed E-state index contributed by atoms with van der Waals surface area (Å²) < 4.78 is 20.8. The molecule has 5 aromatic rings. The molecule has 5 rings (SSSR count). The largest absolute Gasteiger partial charge is 0.497 e. The first-order valence-electron chi connectivity index (χ1n) is 13.4. The molecule has 1 N–H and O–H groups in total. The van der Waals surface area contributed by atoms with Gasteiger partial charge in [-0.2, -0.15) is 0 Å². The van der Waals surface area contributed by atoms with Crippen LogP contribution in [0.3, 0.4) is 0 Å². The molecule has 1 aromatic heterocycles. The predicted octanol–water partition coefficient (Wildman–Crippen LogP) is 5.05. The van der Waals surface area contributed by atoms with E-state index in [2.05, 4.69) is 15.6 Å². The standard InChI is InChI=1S/C32H31FN6O3/c1-37(2)26-16-14-25(15-17-26)34-32(41)31(23-10-12-24(33)13-11-23)38(20-22-8-18-27(42-3)19-9-22)30(40)21-39-29-7-5-4-6-28(29)35-36-39/h4-19,31H,20-21H2,1-3H3,(H,34,41)/t31-/m1/s1. The van der Waals surface area contributed by atoms with Crippen LogP contribution in [0.5, 0.6) is 5.75 Å². The van der Waals surface area contributed by atoms with E-state index in [1.54, 1.807) is 31.4 Å². The normalized spacial score (nSPS) is 11.6. The van der Waals surface area contributed by atoms with Gasteiger partial charge in [-0.05, 0) is 71.8 Å². The van der Waals surface area contributed by atoms with Crippen molar-refractivity contribution in [3.63, 3.8) is 0 Å². The summed E-state index contributed by atoms with van der Waals surface area (Å²) in [6, 6.07) is 26.5. The van der Waals surface area contributed by atoms with Gasteiger partial charge in [-0.25, -0.2) is 9.07 Å². The van der Waals surface area contributed by atoms with Gasteiger partial charge in [0.05, 0.1) is 12.6 Å². The molecule has 214 valence electrons. The highest BCUT2D eigenvalue weighted by Crippen LogP contribution is 2.28. The zero-order valence-corrected chi connectivity index (χ0v) is 23.6. The smallest absolute Gasteiger partial charge is 0.251 e. The lowest BCUT2D eigenvalue weighted by atomic mass is 10.0. The maximum atomic E-state index is 14.1. The number of carbonyl (C=O) groups is 2. The first kappa shape index (κ1) is 28.3. The third-order valence-corrected chi connectivity index (χ3v) is 6.93. The highest BCUT2D eigenvalue weighted by atomic mass is 19.1. The molecule has 0 saturated carbocycles. The molecule has 0 spiro atoms. The van der Waals surface area contributed by atoms with Crippen LogP contribution in [0.2, 0.25) is 0 Å². The molecule has 42 heavy (non-hydrogen) atoms. The highest BCUT2D eigenvalue weighted by Gasteiger charge is 2.32. The quantitative estimate of drug-likeness (QED) is 0.254. The van der Waals surface area contributed by atoms with Crippen LogP contribution in [0.1, 0.15) is 17.2 Å². The summed E-state index contributed by atoms with van der Waals surface area (Å²) in [7, 11) is 5.44. The lowest BCUT2D eigenvalue weighted by molar-refractivity contribution is -0.140. The van der Waals surface area contributed by atoms with Crippen LogP contribution in [0, 0.1) is 5.82 Å². The van der Waals surface area contributed by atoms with E-state index in [1.807, 2.05) is 67.5 Å². The van der Waals surface area contributed by atoms with Gasteiger partial charge < -0.3 is 19.9 Å². The Balaban J connectivity index is 1.53. The number of fused-ring (bicyclic) bond motifs is 1. The molecule has 0 saturated heterocycles. The summed E-state index contributed by atoms with van der Waals surface area (Å²) in [6.07, 6.45) is 0. The minimum Gasteiger partial charge on any atom is -0.497 e. The molecule has 2 amide bonds. The van der Waals surface area contributed by atoms with Crippen LogP contribution in [-0.2, 0) is 22.7 Å². The molecule has 0 fully saturated rings. The number of hydrogen-bond acceptors (Lipinski definition) is 6.